The molecule has 0 amide bonds. The molecule has 2 aromatic heterocycles. The first-order valence-electron chi connectivity index (χ1n) is 10.4. The van der Waals surface area contributed by atoms with Crippen molar-refractivity contribution in [1.29, 1.82) is 0 Å². The molecule has 1 aliphatic rings. The molecule has 202 valence electrons. The van der Waals surface area contributed by atoms with Crippen molar-refractivity contribution in [2.45, 2.75) is 31.4 Å². The van der Waals surface area contributed by atoms with E-state index in [2.05, 4.69) is 33.4 Å². The predicted octanol–water partition coefficient (Wildman–Crippen LogP) is 1.43. The number of phosphoric ester groups is 1. The molecule has 1 fully saturated rings. The highest BCUT2D eigenvalue weighted by atomic mass is 31.3. The number of anilines is 1. The second-order valence-electron chi connectivity index (χ2n) is 7.70. The fraction of sp³-hybridized carbons (Fsp3) is 0.353. The Morgan fingerprint density at radius 1 is 1.03 bits per heavy atom. The van der Waals surface area contributed by atoms with Crippen molar-refractivity contribution in [2.75, 3.05) is 11.9 Å². The van der Waals surface area contributed by atoms with Crippen LogP contribution in [-0.4, -0.2) is 63.0 Å². The number of ether oxygens (including phenoxy) is 1. The summed E-state index contributed by atoms with van der Waals surface area (Å²) < 4.78 is 53.2. The van der Waals surface area contributed by atoms with Crippen LogP contribution in [-0.2, 0) is 38.1 Å². The molecule has 37 heavy (non-hydrogen) atoms. The fourth-order valence-electron chi connectivity index (χ4n) is 3.48. The maximum Gasteiger partial charge on any atom is 0.490 e. The van der Waals surface area contributed by atoms with E-state index in [9.17, 15) is 28.6 Å². The van der Waals surface area contributed by atoms with E-state index in [1.54, 1.807) is 0 Å². The van der Waals surface area contributed by atoms with Gasteiger partial charge in [0, 0.05) is 13.0 Å². The lowest BCUT2D eigenvalue weighted by atomic mass is 10.2. The van der Waals surface area contributed by atoms with E-state index in [0.29, 0.717) is 23.5 Å². The van der Waals surface area contributed by atoms with Crippen LogP contribution < -0.4 is 5.32 Å². The Morgan fingerprint density at radius 2 is 1.76 bits per heavy atom. The molecule has 3 unspecified atom stereocenters. The van der Waals surface area contributed by atoms with Gasteiger partial charge in [0.1, 0.15) is 18.7 Å². The Hall–Kier alpha value is -2.10. The van der Waals surface area contributed by atoms with Crippen LogP contribution in [0.1, 0.15) is 18.2 Å². The number of nitrogens with one attached hydrogen (secondary N) is 1. The summed E-state index contributed by atoms with van der Waals surface area (Å²) in [4.78, 5) is 48.7. The summed E-state index contributed by atoms with van der Waals surface area (Å²) in [5.74, 6) is 0.468. The largest absolute Gasteiger partial charge is 0.490 e. The fourth-order valence-corrected chi connectivity index (χ4v) is 6.51. The molecule has 6 N–H and O–H groups in total. The van der Waals surface area contributed by atoms with Crippen molar-refractivity contribution in [3.63, 3.8) is 0 Å². The van der Waals surface area contributed by atoms with Crippen LogP contribution in [0, 0.1) is 0 Å². The lowest BCUT2D eigenvalue weighted by Crippen LogP contribution is -2.26. The Kier molecular flexibility index (Phi) is 8.26. The number of fused-ring (bicyclic) bond motifs is 1. The highest BCUT2D eigenvalue weighted by molar-refractivity contribution is 7.66. The number of aliphatic hydroxyl groups excluding tert-OH is 1. The molecule has 3 aromatic rings. The van der Waals surface area contributed by atoms with Gasteiger partial charge in [0.2, 0.25) is 0 Å². The lowest BCUT2D eigenvalue weighted by Gasteiger charge is -2.19. The first kappa shape index (κ1) is 27.9. The van der Waals surface area contributed by atoms with Gasteiger partial charge in [-0.05, 0) is 5.56 Å². The zero-order valence-corrected chi connectivity index (χ0v) is 21.3. The molecule has 0 spiro atoms. The number of rotatable bonds is 11. The van der Waals surface area contributed by atoms with Crippen LogP contribution in [0.3, 0.4) is 0 Å². The van der Waals surface area contributed by atoms with Gasteiger partial charge in [-0.2, -0.15) is 8.62 Å². The third kappa shape index (κ3) is 7.48. The highest BCUT2D eigenvalue weighted by Crippen LogP contribution is 2.66. The molecule has 1 aliphatic heterocycles. The van der Waals surface area contributed by atoms with Crippen molar-refractivity contribution in [3.05, 3.63) is 48.5 Å². The second kappa shape index (κ2) is 10.9. The SMILES string of the molecule is O=P(O)(O)OP(=O)(O)OP(=O)(O)OC[C@H]1O[C@@H](n2cnc3c(NCc4ccccc4)ncnc32)CC1O. The summed E-state index contributed by atoms with van der Waals surface area (Å²) in [5, 5.41) is 13.5. The minimum absolute atomic E-state index is 0.00661. The summed E-state index contributed by atoms with van der Waals surface area (Å²) in [6.45, 7) is -0.298. The van der Waals surface area contributed by atoms with Crippen molar-refractivity contribution in [3.8, 4) is 0 Å². The normalized spacial score (nSPS) is 23.5. The number of aromatic nitrogens is 4. The van der Waals surface area contributed by atoms with E-state index in [-0.39, 0.29) is 6.42 Å². The van der Waals surface area contributed by atoms with E-state index in [1.165, 1.54) is 17.2 Å². The van der Waals surface area contributed by atoms with Gasteiger partial charge in [-0.3, -0.25) is 9.09 Å². The summed E-state index contributed by atoms with van der Waals surface area (Å²) in [6, 6.07) is 9.61. The maximum absolute atomic E-state index is 11.9. The third-order valence-corrected chi connectivity index (χ3v) is 8.80. The molecule has 20 heteroatoms. The van der Waals surface area contributed by atoms with Crippen molar-refractivity contribution >= 4 is 40.4 Å². The van der Waals surface area contributed by atoms with E-state index in [0.717, 1.165) is 5.56 Å². The zero-order chi connectivity index (χ0) is 26.8. The van der Waals surface area contributed by atoms with Crippen molar-refractivity contribution in [1.82, 2.24) is 19.5 Å². The van der Waals surface area contributed by atoms with Crippen LogP contribution in [0.5, 0.6) is 0 Å². The van der Waals surface area contributed by atoms with E-state index < -0.39 is 48.5 Å². The van der Waals surface area contributed by atoms with Gasteiger partial charge in [-0.15, -0.1) is 0 Å². The van der Waals surface area contributed by atoms with E-state index in [4.69, 9.17) is 14.5 Å². The number of nitrogens with zero attached hydrogens (tertiary/aromatic N) is 4. The summed E-state index contributed by atoms with van der Waals surface area (Å²) in [6.07, 6.45) is -0.447. The van der Waals surface area contributed by atoms with Gasteiger partial charge in [-0.1, -0.05) is 30.3 Å². The van der Waals surface area contributed by atoms with Crippen LogP contribution in [0.15, 0.2) is 43.0 Å². The van der Waals surface area contributed by atoms with Crippen LogP contribution in [0.2, 0.25) is 0 Å². The first-order valence-corrected chi connectivity index (χ1v) is 14.9. The smallest absolute Gasteiger partial charge is 0.390 e. The molecule has 0 bridgehead atoms. The Balaban J connectivity index is 1.40. The van der Waals surface area contributed by atoms with E-state index >= 15 is 0 Å². The van der Waals surface area contributed by atoms with Gasteiger partial charge < -0.3 is 34.7 Å². The molecule has 17 nitrogen and oxygen atoms in total. The molecular weight excluding hydrogens is 559 g/mol. The highest BCUT2D eigenvalue weighted by Gasteiger charge is 2.43. The summed E-state index contributed by atoms with van der Waals surface area (Å²) in [7, 11) is -16.5. The summed E-state index contributed by atoms with van der Waals surface area (Å²) in [5.41, 5.74) is 1.85. The molecule has 0 saturated carbocycles. The number of benzene rings is 1. The molecule has 0 radical (unpaired) electrons. The molecular formula is C17H22N5O12P3. The van der Waals surface area contributed by atoms with E-state index in [1.807, 2.05) is 30.3 Å². The average molecular weight is 581 g/mol. The number of hydrogen-bond donors (Lipinski definition) is 6. The van der Waals surface area contributed by atoms with Gasteiger partial charge in [0.05, 0.1) is 19.0 Å². The Labute approximate surface area is 208 Å². The van der Waals surface area contributed by atoms with Crippen LogP contribution in [0.25, 0.3) is 11.2 Å². The van der Waals surface area contributed by atoms with Crippen molar-refractivity contribution in [2.24, 2.45) is 0 Å². The van der Waals surface area contributed by atoms with Crippen LogP contribution in [0.4, 0.5) is 5.82 Å². The first-order chi connectivity index (χ1) is 17.3. The van der Waals surface area contributed by atoms with Gasteiger partial charge in [0.15, 0.2) is 17.0 Å². The van der Waals surface area contributed by atoms with Gasteiger partial charge >= 0.3 is 23.5 Å². The summed E-state index contributed by atoms with van der Waals surface area (Å²) >= 11 is 0. The number of hydrogen-bond acceptors (Lipinski definition) is 12. The second-order valence-corrected chi connectivity index (χ2v) is 12.1. The molecule has 1 aromatic carbocycles. The maximum atomic E-state index is 11.9. The number of phosphoric acid groups is 3. The molecule has 4 rings (SSSR count). The minimum atomic E-state index is -5.66. The van der Waals surface area contributed by atoms with Crippen LogP contribution >= 0.6 is 23.5 Å². The molecule has 1 saturated heterocycles. The van der Waals surface area contributed by atoms with Gasteiger partial charge in [0.25, 0.3) is 0 Å². The quantitative estimate of drug-likeness (QED) is 0.175. The molecule has 3 heterocycles. The Morgan fingerprint density at radius 3 is 2.46 bits per heavy atom. The number of imidazole rings is 1. The number of aliphatic hydroxyl groups is 1. The monoisotopic (exact) mass is 581 g/mol. The minimum Gasteiger partial charge on any atom is -0.390 e. The Bertz CT molecular complexity index is 1380. The average Bonchev–Trinajstić information content (AvgIpc) is 3.38. The predicted molar refractivity (Wildman–Crippen MR) is 123 cm³/mol. The molecule has 5 atom stereocenters. The molecule has 0 aliphatic carbocycles. The van der Waals surface area contributed by atoms with Gasteiger partial charge in [-0.25, -0.2) is 28.6 Å². The standard InChI is InChI=1S/C17H22N5O12P3/c23-12-6-14(32-13(12)8-31-36(27,28)34-37(29,30)33-35(24,25)26)22-10-21-15-16(19-9-20-17(15)22)18-7-11-4-2-1-3-5-11/h1-5,9-10,12-14,23H,6-8H2,(H,27,28)(H,29,30)(H,18,19,20)(H2,24,25,26)/t12?,13-,14-/m1/s1. The van der Waals surface area contributed by atoms with Crippen molar-refractivity contribution < 1.29 is 56.3 Å². The lowest BCUT2D eigenvalue weighted by molar-refractivity contribution is -0.0423. The zero-order valence-electron chi connectivity index (χ0n) is 18.6. The topological polar surface area (TPSA) is 245 Å². The third-order valence-electron chi connectivity index (χ3n) is 4.99.